The van der Waals surface area contributed by atoms with Gasteiger partial charge in [-0.25, -0.2) is 0 Å². The van der Waals surface area contributed by atoms with Gasteiger partial charge in [-0.2, -0.15) is 11.8 Å². The minimum atomic E-state index is 0.0835. The summed E-state index contributed by atoms with van der Waals surface area (Å²) >= 11 is 1.87. The monoisotopic (exact) mass is 238 g/mol. The Morgan fingerprint density at radius 1 is 1.31 bits per heavy atom. The van der Waals surface area contributed by atoms with E-state index in [1.54, 1.807) is 0 Å². The Kier molecular flexibility index (Phi) is 5.16. The number of hydrogen-bond acceptors (Lipinski definition) is 3. The summed E-state index contributed by atoms with van der Waals surface area (Å²) in [4.78, 5) is 2.31. The zero-order valence-electron chi connectivity index (χ0n) is 10.6. The molecule has 0 aliphatic heterocycles. The van der Waals surface area contributed by atoms with Crippen LogP contribution in [0.25, 0.3) is 0 Å². The lowest BCUT2D eigenvalue weighted by Gasteiger charge is -2.29. The molecule has 0 spiro atoms. The van der Waals surface area contributed by atoms with Crippen molar-refractivity contribution in [2.45, 2.75) is 25.9 Å². The molecule has 2 nitrogen and oxygen atoms in total. The van der Waals surface area contributed by atoms with Gasteiger partial charge >= 0.3 is 0 Å². The Morgan fingerprint density at radius 2 is 1.94 bits per heavy atom. The lowest BCUT2D eigenvalue weighted by molar-refractivity contribution is 0.743. The summed E-state index contributed by atoms with van der Waals surface area (Å²) in [6, 6.07) is 8.99. The van der Waals surface area contributed by atoms with Gasteiger partial charge in [-0.1, -0.05) is 18.2 Å². The van der Waals surface area contributed by atoms with E-state index in [2.05, 4.69) is 49.4 Å². The first-order valence-corrected chi connectivity index (χ1v) is 7.03. The van der Waals surface area contributed by atoms with Gasteiger partial charge in [-0.05, 0) is 31.7 Å². The van der Waals surface area contributed by atoms with Crippen LogP contribution in [-0.4, -0.2) is 25.1 Å². The second-order valence-corrected chi connectivity index (χ2v) is 5.17. The van der Waals surface area contributed by atoms with Crippen LogP contribution in [0.4, 0.5) is 5.69 Å². The zero-order valence-corrected chi connectivity index (χ0v) is 11.4. The summed E-state index contributed by atoms with van der Waals surface area (Å²) in [5.74, 6) is 1.13. The second kappa shape index (κ2) is 6.16. The van der Waals surface area contributed by atoms with E-state index in [9.17, 15) is 0 Å². The highest BCUT2D eigenvalue weighted by atomic mass is 32.2. The van der Waals surface area contributed by atoms with Crippen LogP contribution in [-0.2, 0) is 0 Å². The minimum absolute atomic E-state index is 0.0835. The van der Waals surface area contributed by atoms with E-state index < -0.39 is 0 Å². The Morgan fingerprint density at radius 3 is 2.50 bits per heavy atom. The largest absolute Gasteiger partial charge is 0.371 e. The van der Waals surface area contributed by atoms with Gasteiger partial charge in [0, 0.05) is 30.6 Å². The number of thioether (sulfide) groups is 1. The smallest absolute Gasteiger partial charge is 0.0414 e. The van der Waals surface area contributed by atoms with Crippen molar-refractivity contribution in [3.05, 3.63) is 29.8 Å². The molecule has 16 heavy (non-hydrogen) atoms. The fourth-order valence-electron chi connectivity index (χ4n) is 1.78. The van der Waals surface area contributed by atoms with Crippen molar-refractivity contribution >= 4 is 17.4 Å². The third-order valence-corrected chi connectivity index (χ3v) is 3.69. The minimum Gasteiger partial charge on any atom is -0.371 e. The molecule has 0 heterocycles. The Hall–Kier alpha value is -0.670. The molecule has 2 N–H and O–H groups in total. The maximum atomic E-state index is 5.99. The summed E-state index contributed by atoms with van der Waals surface area (Å²) in [6.07, 6.45) is 2.14. The van der Waals surface area contributed by atoms with E-state index in [-0.39, 0.29) is 6.04 Å². The summed E-state index contributed by atoms with van der Waals surface area (Å²) in [5, 5.41) is 0. The van der Waals surface area contributed by atoms with Crippen LogP contribution in [0.1, 0.15) is 25.5 Å². The van der Waals surface area contributed by atoms with E-state index >= 15 is 0 Å². The van der Waals surface area contributed by atoms with Crippen molar-refractivity contribution in [1.82, 2.24) is 0 Å². The quantitative estimate of drug-likeness (QED) is 0.855. The van der Waals surface area contributed by atoms with Crippen LogP contribution in [0.2, 0.25) is 0 Å². The molecule has 0 saturated heterocycles. The average molecular weight is 238 g/mol. The lowest BCUT2D eigenvalue weighted by Crippen LogP contribution is -2.32. The maximum Gasteiger partial charge on any atom is 0.0414 e. The highest BCUT2D eigenvalue weighted by molar-refractivity contribution is 7.98. The zero-order chi connectivity index (χ0) is 12.1. The molecule has 1 aromatic rings. The second-order valence-electron chi connectivity index (χ2n) is 4.26. The van der Waals surface area contributed by atoms with Gasteiger partial charge < -0.3 is 10.6 Å². The number of benzene rings is 1. The van der Waals surface area contributed by atoms with Gasteiger partial charge in [-0.15, -0.1) is 0 Å². The molecule has 0 aliphatic rings. The standard InChI is InChI=1S/C13H22N2S/c1-10(9-16-4)15(3)13-8-6-5-7-12(13)11(2)14/h5-8,10-11H,9,14H2,1-4H3/t10?,11-/m1/s1. The SMILES string of the molecule is CSCC(C)N(C)c1ccccc1[C@@H](C)N. The average Bonchev–Trinajstić information content (AvgIpc) is 2.28. The fourth-order valence-corrected chi connectivity index (χ4v) is 2.49. The van der Waals surface area contributed by atoms with E-state index in [0.717, 1.165) is 5.75 Å². The van der Waals surface area contributed by atoms with Crippen molar-refractivity contribution in [2.75, 3.05) is 24.0 Å². The molecule has 0 aromatic heterocycles. The van der Waals surface area contributed by atoms with Crippen molar-refractivity contribution in [3.63, 3.8) is 0 Å². The van der Waals surface area contributed by atoms with E-state index in [1.165, 1.54) is 11.3 Å². The normalized spacial score (nSPS) is 14.6. The number of anilines is 1. The molecule has 1 unspecified atom stereocenters. The molecule has 0 bridgehead atoms. The van der Waals surface area contributed by atoms with Crippen LogP contribution in [0, 0.1) is 0 Å². The third kappa shape index (κ3) is 3.16. The molecule has 1 rings (SSSR count). The highest BCUT2D eigenvalue weighted by Crippen LogP contribution is 2.25. The number of hydrogen-bond donors (Lipinski definition) is 1. The van der Waals surface area contributed by atoms with Gasteiger partial charge in [0.1, 0.15) is 0 Å². The summed E-state index contributed by atoms with van der Waals surface area (Å²) in [7, 11) is 2.14. The molecular weight excluding hydrogens is 216 g/mol. The van der Waals surface area contributed by atoms with Gasteiger partial charge in [0.2, 0.25) is 0 Å². The molecule has 0 aliphatic carbocycles. The van der Waals surface area contributed by atoms with Crippen LogP contribution in [0.5, 0.6) is 0 Å². The number of para-hydroxylation sites is 1. The van der Waals surface area contributed by atoms with Gasteiger partial charge in [0.05, 0.1) is 0 Å². The summed E-state index contributed by atoms with van der Waals surface area (Å²) < 4.78 is 0. The lowest BCUT2D eigenvalue weighted by atomic mass is 10.1. The topological polar surface area (TPSA) is 29.3 Å². The van der Waals surface area contributed by atoms with Crippen LogP contribution < -0.4 is 10.6 Å². The molecule has 3 heteroatoms. The van der Waals surface area contributed by atoms with Crippen LogP contribution >= 0.6 is 11.8 Å². The number of rotatable bonds is 5. The van der Waals surface area contributed by atoms with E-state index in [4.69, 9.17) is 5.73 Å². The van der Waals surface area contributed by atoms with Gasteiger partial charge in [0.15, 0.2) is 0 Å². The Balaban J connectivity index is 2.93. The molecule has 0 saturated carbocycles. The van der Waals surface area contributed by atoms with Crippen molar-refractivity contribution in [2.24, 2.45) is 5.73 Å². The summed E-state index contributed by atoms with van der Waals surface area (Å²) in [6.45, 7) is 4.28. The van der Waals surface area contributed by atoms with E-state index in [1.807, 2.05) is 18.7 Å². The van der Waals surface area contributed by atoms with Gasteiger partial charge in [-0.3, -0.25) is 0 Å². The van der Waals surface area contributed by atoms with Crippen molar-refractivity contribution < 1.29 is 0 Å². The first kappa shape index (κ1) is 13.4. The van der Waals surface area contributed by atoms with Crippen molar-refractivity contribution in [1.29, 1.82) is 0 Å². The molecule has 90 valence electrons. The van der Waals surface area contributed by atoms with Gasteiger partial charge in [0.25, 0.3) is 0 Å². The Labute approximate surface area is 103 Å². The molecular formula is C13H22N2S. The first-order chi connectivity index (χ1) is 7.57. The summed E-state index contributed by atoms with van der Waals surface area (Å²) in [5.41, 5.74) is 8.46. The number of nitrogens with two attached hydrogens (primary N) is 1. The molecule has 0 radical (unpaired) electrons. The number of nitrogens with zero attached hydrogens (tertiary/aromatic N) is 1. The van der Waals surface area contributed by atoms with Crippen molar-refractivity contribution in [3.8, 4) is 0 Å². The Bertz CT molecular complexity index is 325. The molecule has 0 amide bonds. The highest BCUT2D eigenvalue weighted by Gasteiger charge is 2.14. The first-order valence-electron chi connectivity index (χ1n) is 5.64. The van der Waals surface area contributed by atoms with Crippen LogP contribution in [0.15, 0.2) is 24.3 Å². The van der Waals surface area contributed by atoms with E-state index in [0.29, 0.717) is 6.04 Å². The fraction of sp³-hybridized carbons (Fsp3) is 0.538. The molecule has 2 atom stereocenters. The molecule has 0 fully saturated rings. The predicted molar refractivity (Wildman–Crippen MR) is 75.3 cm³/mol. The van der Waals surface area contributed by atoms with Crippen LogP contribution in [0.3, 0.4) is 0 Å². The molecule has 1 aromatic carbocycles. The third-order valence-electron chi connectivity index (χ3n) is 2.88. The predicted octanol–water partition coefficient (Wildman–Crippen LogP) is 2.89. The maximum absolute atomic E-state index is 5.99.